The lowest BCUT2D eigenvalue weighted by atomic mass is 10.1. The van der Waals surface area contributed by atoms with E-state index in [1.54, 1.807) is 23.9 Å². The first-order valence-corrected chi connectivity index (χ1v) is 12.3. The third-order valence-electron chi connectivity index (χ3n) is 5.65. The summed E-state index contributed by atoms with van der Waals surface area (Å²) in [5.41, 5.74) is 2.59. The zero-order valence-corrected chi connectivity index (χ0v) is 19.7. The molecule has 4 rings (SSSR count). The zero-order chi connectivity index (χ0) is 23.2. The monoisotopic (exact) mass is 469 g/mol. The molecular weight excluding hydrogens is 441 g/mol. The van der Waals surface area contributed by atoms with Gasteiger partial charge in [-0.05, 0) is 61.4 Å². The summed E-state index contributed by atoms with van der Waals surface area (Å²) in [5.74, 6) is 3.60. The summed E-state index contributed by atoms with van der Waals surface area (Å²) in [6, 6.07) is 13.4. The molecule has 0 aliphatic carbocycles. The number of ether oxygens (including phenoxy) is 2. The number of aromatic nitrogens is 2. The van der Waals surface area contributed by atoms with E-state index in [0.717, 1.165) is 47.3 Å². The van der Waals surface area contributed by atoms with Crippen molar-refractivity contribution >= 4 is 17.7 Å². The summed E-state index contributed by atoms with van der Waals surface area (Å²) in [6.45, 7) is 3.64. The molecule has 0 N–H and O–H groups in total. The summed E-state index contributed by atoms with van der Waals surface area (Å²) >= 11 is 1.88. The second-order valence-corrected chi connectivity index (χ2v) is 8.97. The topological polar surface area (TPSA) is 56.6 Å². The van der Waals surface area contributed by atoms with Gasteiger partial charge < -0.3 is 14.4 Å². The fourth-order valence-electron chi connectivity index (χ4n) is 3.83. The minimum Gasteiger partial charge on any atom is -0.497 e. The van der Waals surface area contributed by atoms with Gasteiger partial charge in [-0.3, -0.25) is 4.79 Å². The highest BCUT2D eigenvalue weighted by Crippen LogP contribution is 2.33. The lowest BCUT2D eigenvalue weighted by Crippen LogP contribution is -2.38. The van der Waals surface area contributed by atoms with Gasteiger partial charge in [0.25, 0.3) is 0 Å². The highest BCUT2D eigenvalue weighted by atomic mass is 32.2. The van der Waals surface area contributed by atoms with E-state index >= 15 is 0 Å². The highest BCUT2D eigenvalue weighted by molar-refractivity contribution is 7.99. The van der Waals surface area contributed by atoms with Crippen LogP contribution < -0.4 is 9.47 Å². The van der Waals surface area contributed by atoms with E-state index in [1.807, 2.05) is 47.9 Å². The van der Waals surface area contributed by atoms with Crippen molar-refractivity contribution in [1.29, 1.82) is 0 Å². The average Bonchev–Trinajstić information content (AvgIpc) is 3.21. The van der Waals surface area contributed by atoms with E-state index in [0.29, 0.717) is 30.9 Å². The first-order valence-electron chi connectivity index (χ1n) is 11.1. The predicted molar refractivity (Wildman–Crippen MR) is 128 cm³/mol. The van der Waals surface area contributed by atoms with Gasteiger partial charge in [-0.2, -0.15) is 16.9 Å². The van der Waals surface area contributed by atoms with Gasteiger partial charge in [-0.25, -0.2) is 9.07 Å². The van der Waals surface area contributed by atoms with Crippen LogP contribution in [0.3, 0.4) is 0 Å². The van der Waals surface area contributed by atoms with Crippen LogP contribution >= 0.6 is 11.8 Å². The molecule has 1 aliphatic heterocycles. The Bertz CT molecular complexity index is 1080. The number of nitrogens with zero attached hydrogens (tertiary/aromatic N) is 3. The van der Waals surface area contributed by atoms with Crippen LogP contribution in [0.25, 0.3) is 5.69 Å². The van der Waals surface area contributed by atoms with Gasteiger partial charge in [0.05, 0.1) is 18.5 Å². The quantitative estimate of drug-likeness (QED) is 0.471. The minimum atomic E-state index is -0.328. The summed E-state index contributed by atoms with van der Waals surface area (Å²) < 4.78 is 26.7. The third-order valence-corrected chi connectivity index (χ3v) is 6.59. The summed E-state index contributed by atoms with van der Waals surface area (Å²) in [6.07, 6.45) is 1.62. The molecule has 1 amide bonds. The zero-order valence-electron chi connectivity index (χ0n) is 18.9. The molecule has 0 bridgehead atoms. The largest absolute Gasteiger partial charge is 0.497 e. The molecule has 0 spiro atoms. The molecule has 1 saturated heterocycles. The molecule has 0 atom stereocenters. The second kappa shape index (κ2) is 10.7. The number of carbonyl (C=O) groups excluding carboxylic acids is 1. The first-order chi connectivity index (χ1) is 16.1. The molecule has 1 aliphatic rings. The maximum atomic E-state index is 13.4. The van der Waals surface area contributed by atoms with E-state index in [9.17, 15) is 9.18 Å². The summed E-state index contributed by atoms with van der Waals surface area (Å²) in [5, 5.41) is 4.81. The maximum absolute atomic E-state index is 13.4. The number of benzene rings is 2. The fourth-order valence-corrected chi connectivity index (χ4v) is 4.74. The van der Waals surface area contributed by atoms with Gasteiger partial charge in [-0.1, -0.05) is 6.92 Å². The number of hydrogen-bond donors (Lipinski definition) is 0. The molecule has 2 aromatic carbocycles. The van der Waals surface area contributed by atoms with Gasteiger partial charge >= 0.3 is 0 Å². The molecule has 33 heavy (non-hydrogen) atoms. The Balaban J connectivity index is 1.67. The molecule has 1 aromatic heterocycles. The molecule has 8 heteroatoms. The number of halogens is 1. The van der Waals surface area contributed by atoms with Crippen molar-refractivity contribution in [1.82, 2.24) is 14.7 Å². The highest BCUT2D eigenvalue weighted by Gasteiger charge is 2.23. The number of aryl methyl sites for hydroxylation is 1. The van der Waals surface area contributed by atoms with Crippen molar-refractivity contribution in [3.63, 3.8) is 0 Å². The number of carbonyl (C=O) groups is 1. The molecular formula is C25H28FN3O3S. The smallest absolute Gasteiger partial charge is 0.226 e. The summed E-state index contributed by atoms with van der Waals surface area (Å²) in [4.78, 5) is 14.8. The summed E-state index contributed by atoms with van der Waals surface area (Å²) in [7, 11) is 1.62. The van der Waals surface area contributed by atoms with Crippen LogP contribution in [0.5, 0.6) is 17.4 Å². The molecule has 0 radical (unpaired) electrons. The normalized spacial score (nSPS) is 13.7. The molecule has 2 heterocycles. The molecule has 6 nitrogen and oxygen atoms in total. The van der Waals surface area contributed by atoms with Gasteiger partial charge in [-0.15, -0.1) is 0 Å². The Labute approximate surface area is 197 Å². The minimum absolute atomic E-state index is 0.155. The molecule has 0 saturated carbocycles. The van der Waals surface area contributed by atoms with E-state index in [2.05, 4.69) is 0 Å². The standard InChI is InChI=1S/C25H28FN3O3S/c1-3-23-22(12-13-24(30)28-14-16-33-17-15-28)25(32-21-8-4-18(26)5-9-21)29(27-23)19-6-10-20(31-2)11-7-19/h4-11H,3,12-17H2,1-2H3. The van der Waals surface area contributed by atoms with Crippen molar-refractivity contribution in [3.05, 3.63) is 65.6 Å². The van der Waals surface area contributed by atoms with E-state index < -0.39 is 0 Å². The molecule has 0 unspecified atom stereocenters. The number of thioether (sulfide) groups is 1. The first kappa shape index (κ1) is 23.2. The van der Waals surface area contributed by atoms with Crippen molar-refractivity contribution in [3.8, 4) is 23.1 Å². The van der Waals surface area contributed by atoms with Gasteiger partial charge in [0.2, 0.25) is 11.8 Å². The Morgan fingerprint density at radius 2 is 1.73 bits per heavy atom. The number of amides is 1. The van der Waals surface area contributed by atoms with Crippen LogP contribution in [-0.4, -0.2) is 52.3 Å². The second-order valence-electron chi connectivity index (χ2n) is 7.74. The Hall–Kier alpha value is -3.00. The lowest BCUT2D eigenvalue weighted by molar-refractivity contribution is -0.130. The third kappa shape index (κ3) is 5.50. The van der Waals surface area contributed by atoms with Crippen LogP contribution in [-0.2, 0) is 17.6 Å². The SMILES string of the molecule is CCc1nn(-c2ccc(OC)cc2)c(Oc2ccc(F)cc2)c1CCC(=O)N1CCSCC1. The Morgan fingerprint density at radius 1 is 1.06 bits per heavy atom. The number of rotatable bonds is 8. The molecule has 3 aromatic rings. The molecule has 1 fully saturated rings. The Morgan fingerprint density at radius 3 is 2.36 bits per heavy atom. The van der Waals surface area contributed by atoms with E-state index in [1.165, 1.54) is 12.1 Å². The lowest BCUT2D eigenvalue weighted by Gasteiger charge is -2.26. The van der Waals surface area contributed by atoms with Crippen LogP contribution in [0.4, 0.5) is 4.39 Å². The van der Waals surface area contributed by atoms with Crippen LogP contribution in [0, 0.1) is 5.82 Å². The van der Waals surface area contributed by atoms with Crippen molar-refractivity contribution in [2.45, 2.75) is 26.2 Å². The average molecular weight is 470 g/mol. The predicted octanol–water partition coefficient (Wildman–Crippen LogP) is 4.88. The number of methoxy groups -OCH3 is 1. The Kier molecular flexibility index (Phi) is 7.54. The van der Waals surface area contributed by atoms with Crippen LogP contribution in [0.2, 0.25) is 0 Å². The van der Waals surface area contributed by atoms with Crippen LogP contribution in [0.1, 0.15) is 24.6 Å². The number of hydrogen-bond acceptors (Lipinski definition) is 5. The van der Waals surface area contributed by atoms with Gasteiger partial charge in [0.1, 0.15) is 17.3 Å². The maximum Gasteiger partial charge on any atom is 0.226 e. The van der Waals surface area contributed by atoms with E-state index in [4.69, 9.17) is 14.6 Å². The van der Waals surface area contributed by atoms with Gasteiger partial charge in [0.15, 0.2) is 0 Å². The van der Waals surface area contributed by atoms with E-state index in [-0.39, 0.29) is 11.7 Å². The molecule has 174 valence electrons. The van der Waals surface area contributed by atoms with Crippen molar-refractivity contribution < 1.29 is 18.7 Å². The van der Waals surface area contributed by atoms with Crippen molar-refractivity contribution in [2.75, 3.05) is 31.7 Å². The fraction of sp³-hybridized carbons (Fsp3) is 0.360. The van der Waals surface area contributed by atoms with Gasteiger partial charge in [0, 0.05) is 36.6 Å². The van der Waals surface area contributed by atoms with Crippen molar-refractivity contribution in [2.24, 2.45) is 0 Å². The van der Waals surface area contributed by atoms with Crippen LogP contribution in [0.15, 0.2) is 48.5 Å².